The van der Waals surface area contributed by atoms with E-state index in [1.165, 1.54) is 7.11 Å². The van der Waals surface area contributed by atoms with Crippen molar-refractivity contribution in [2.45, 2.75) is 39.0 Å². The fraction of sp³-hybridized carbons (Fsp3) is 0.467. The fourth-order valence-electron chi connectivity index (χ4n) is 1.72. The Morgan fingerprint density at radius 3 is 2.53 bits per heavy atom. The lowest BCUT2D eigenvalue weighted by Gasteiger charge is -2.07. The van der Waals surface area contributed by atoms with Crippen molar-refractivity contribution in [1.29, 1.82) is 0 Å². The van der Waals surface area contributed by atoms with Gasteiger partial charge in [-0.05, 0) is 18.6 Å². The van der Waals surface area contributed by atoms with E-state index in [4.69, 9.17) is 9.47 Å². The van der Waals surface area contributed by atoms with E-state index in [1.54, 1.807) is 24.3 Å². The summed E-state index contributed by atoms with van der Waals surface area (Å²) in [4.78, 5) is 23.3. The molecule has 0 fully saturated rings. The zero-order chi connectivity index (χ0) is 14.1. The second kappa shape index (κ2) is 8.29. The van der Waals surface area contributed by atoms with Crippen LogP contribution in [0.1, 0.15) is 49.4 Å². The molecule has 0 bridgehead atoms. The van der Waals surface area contributed by atoms with Crippen LogP contribution in [0.15, 0.2) is 24.3 Å². The molecular formula is C15H20O4. The highest BCUT2D eigenvalue weighted by atomic mass is 16.6. The number of para-hydroxylation sites is 1. The Balaban J connectivity index is 2.48. The largest absolute Gasteiger partial charge is 0.496 e. The summed E-state index contributed by atoms with van der Waals surface area (Å²) in [6.45, 7) is 2.10. The molecule has 0 aliphatic rings. The van der Waals surface area contributed by atoms with Gasteiger partial charge >= 0.3 is 11.9 Å². The van der Waals surface area contributed by atoms with Crippen molar-refractivity contribution in [3.05, 3.63) is 29.8 Å². The Labute approximate surface area is 113 Å². The monoisotopic (exact) mass is 264 g/mol. The molecule has 0 saturated carbocycles. The van der Waals surface area contributed by atoms with Crippen molar-refractivity contribution in [1.82, 2.24) is 0 Å². The van der Waals surface area contributed by atoms with Gasteiger partial charge in [-0.15, -0.1) is 0 Å². The Kier molecular flexibility index (Phi) is 6.64. The number of ether oxygens (including phenoxy) is 2. The highest BCUT2D eigenvalue weighted by Gasteiger charge is 2.16. The van der Waals surface area contributed by atoms with Crippen LogP contribution >= 0.6 is 0 Å². The number of rotatable bonds is 7. The van der Waals surface area contributed by atoms with Crippen molar-refractivity contribution in [3.8, 4) is 5.75 Å². The molecule has 104 valence electrons. The van der Waals surface area contributed by atoms with Crippen molar-refractivity contribution >= 4 is 11.9 Å². The minimum Gasteiger partial charge on any atom is -0.496 e. The molecule has 0 atom stereocenters. The van der Waals surface area contributed by atoms with E-state index in [0.29, 0.717) is 5.75 Å². The van der Waals surface area contributed by atoms with Gasteiger partial charge in [0.15, 0.2) is 0 Å². The van der Waals surface area contributed by atoms with Gasteiger partial charge in [0.05, 0.1) is 7.11 Å². The maximum absolute atomic E-state index is 11.8. The fourth-order valence-corrected chi connectivity index (χ4v) is 1.72. The van der Waals surface area contributed by atoms with Crippen LogP contribution in [0.2, 0.25) is 0 Å². The Bertz CT molecular complexity index is 426. The second-order valence-electron chi connectivity index (χ2n) is 4.27. The van der Waals surface area contributed by atoms with E-state index < -0.39 is 11.9 Å². The smallest absolute Gasteiger partial charge is 0.349 e. The molecule has 1 aromatic rings. The van der Waals surface area contributed by atoms with Crippen LogP contribution in [0.3, 0.4) is 0 Å². The number of methoxy groups -OCH3 is 1. The summed E-state index contributed by atoms with van der Waals surface area (Å²) in [5, 5.41) is 0. The standard InChI is InChI=1S/C15H20O4/c1-3-4-5-6-11-14(16)19-15(17)12-9-7-8-10-13(12)18-2/h7-10H,3-6,11H2,1-2H3. The lowest BCUT2D eigenvalue weighted by atomic mass is 10.1. The van der Waals surface area contributed by atoms with Crippen LogP contribution in [-0.2, 0) is 9.53 Å². The van der Waals surface area contributed by atoms with Crippen LogP contribution in [0.4, 0.5) is 0 Å². The normalized spacial score (nSPS) is 10.0. The number of unbranched alkanes of at least 4 members (excludes halogenated alkanes) is 3. The lowest BCUT2D eigenvalue weighted by Crippen LogP contribution is -2.13. The van der Waals surface area contributed by atoms with E-state index in [0.717, 1.165) is 25.7 Å². The second-order valence-corrected chi connectivity index (χ2v) is 4.27. The number of hydrogen-bond donors (Lipinski definition) is 0. The maximum atomic E-state index is 11.8. The Morgan fingerprint density at radius 2 is 1.84 bits per heavy atom. The van der Waals surface area contributed by atoms with Crippen LogP contribution in [0.5, 0.6) is 5.75 Å². The molecule has 0 aromatic heterocycles. The number of hydrogen-bond acceptors (Lipinski definition) is 4. The molecular weight excluding hydrogens is 244 g/mol. The predicted molar refractivity (Wildman–Crippen MR) is 72.2 cm³/mol. The highest BCUT2D eigenvalue weighted by Crippen LogP contribution is 2.18. The average molecular weight is 264 g/mol. The molecule has 0 N–H and O–H groups in total. The van der Waals surface area contributed by atoms with E-state index >= 15 is 0 Å². The number of carbonyl (C=O) groups excluding carboxylic acids is 2. The van der Waals surface area contributed by atoms with Gasteiger partial charge in [-0.25, -0.2) is 4.79 Å². The minimum atomic E-state index is -0.655. The van der Waals surface area contributed by atoms with Crippen LogP contribution in [-0.4, -0.2) is 19.0 Å². The summed E-state index contributed by atoms with van der Waals surface area (Å²) in [6, 6.07) is 6.68. The third-order valence-electron chi connectivity index (χ3n) is 2.77. The third-order valence-corrected chi connectivity index (χ3v) is 2.77. The molecule has 0 aliphatic heterocycles. The first-order chi connectivity index (χ1) is 9.19. The molecule has 1 rings (SSSR count). The number of esters is 2. The Hall–Kier alpha value is -1.84. The topological polar surface area (TPSA) is 52.6 Å². The number of carbonyl (C=O) groups is 2. The van der Waals surface area contributed by atoms with Crippen LogP contribution in [0.25, 0.3) is 0 Å². The van der Waals surface area contributed by atoms with Crippen molar-refractivity contribution < 1.29 is 19.1 Å². The summed E-state index contributed by atoms with van der Waals surface area (Å²) in [7, 11) is 1.47. The molecule has 0 amide bonds. The molecule has 1 aromatic carbocycles. The van der Waals surface area contributed by atoms with Gasteiger partial charge in [0.25, 0.3) is 0 Å². The molecule has 0 aliphatic carbocycles. The first kappa shape index (κ1) is 15.2. The zero-order valence-electron chi connectivity index (χ0n) is 11.5. The van der Waals surface area contributed by atoms with Crippen LogP contribution in [0, 0.1) is 0 Å². The lowest BCUT2D eigenvalue weighted by molar-refractivity contribution is -0.138. The SMILES string of the molecule is CCCCCCC(=O)OC(=O)c1ccccc1OC. The van der Waals surface area contributed by atoms with Crippen LogP contribution < -0.4 is 4.74 Å². The van der Waals surface area contributed by atoms with Gasteiger partial charge in [0, 0.05) is 6.42 Å². The number of benzene rings is 1. The highest BCUT2D eigenvalue weighted by molar-refractivity contribution is 5.98. The van der Waals surface area contributed by atoms with Gasteiger partial charge in [0.1, 0.15) is 11.3 Å². The molecule has 0 saturated heterocycles. The zero-order valence-corrected chi connectivity index (χ0v) is 11.5. The van der Waals surface area contributed by atoms with E-state index in [1.807, 2.05) is 0 Å². The van der Waals surface area contributed by atoms with Crippen molar-refractivity contribution in [2.75, 3.05) is 7.11 Å². The van der Waals surface area contributed by atoms with Gasteiger partial charge in [-0.1, -0.05) is 38.3 Å². The molecule has 0 spiro atoms. The molecule has 4 nitrogen and oxygen atoms in total. The quantitative estimate of drug-likeness (QED) is 0.430. The average Bonchev–Trinajstić information content (AvgIpc) is 2.43. The summed E-state index contributed by atoms with van der Waals surface area (Å²) in [5.74, 6) is -0.726. The van der Waals surface area contributed by atoms with Gasteiger partial charge in [-0.2, -0.15) is 0 Å². The third kappa shape index (κ3) is 5.12. The van der Waals surface area contributed by atoms with Crippen molar-refractivity contribution in [2.24, 2.45) is 0 Å². The maximum Gasteiger partial charge on any atom is 0.349 e. The summed E-state index contributed by atoms with van der Waals surface area (Å²) in [5.41, 5.74) is 0.270. The molecule has 19 heavy (non-hydrogen) atoms. The van der Waals surface area contributed by atoms with E-state index in [2.05, 4.69) is 6.92 Å². The first-order valence-electron chi connectivity index (χ1n) is 6.57. The Morgan fingerprint density at radius 1 is 1.11 bits per heavy atom. The van der Waals surface area contributed by atoms with Gasteiger partial charge in [0.2, 0.25) is 0 Å². The summed E-state index contributed by atoms with van der Waals surface area (Å²) in [6.07, 6.45) is 4.21. The molecule has 0 heterocycles. The molecule has 0 unspecified atom stereocenters. The summed E-state index contributed by atoms with van der Waals surface area (Å²) < 4.78 is 9.85. The van der Waals surface area contributed by atoms with E-state index in [-0.39, 0.29) is 12.0 Å². The van der Waals surface area contributed by atoms with E-state index in [9.17, 15) is 9.59 Å². The summed E-state index contributed by atoms with van der Waals surface area (Å²) >= 11 is 0. The van der Waals surface area contributed by atoms with Crippen molar-refractivity contribution in [3.63, 3.8) is 0 Å². The first-order valence-corrected chi connectivity index (χ1v) is 6.57. The van der Waals surface area contributed by atoms with Gasteiger partial charge < -0.3 is 9.47 Å². The molecule has 4 heteroatoms. The minimum absolute atomic E-state index is 0.270. The molecule has 0 radical (unpaired) electrons. The predicted octanol–water partition coefficient (Wildman–Crippen LogP) is 3.35. The van der Waals surface area contributed by atoms with Gasteiger partial charge in [-0.3, -0.25) is 4.79 Å².